The fourth-order valence-electron chi connectivity index (χ4n) is 3.53. The molecule has 8 heteroatoms. The lowest BCUT2D eigenvalue weighted by Gasteiger charge is -2.30. The predicted molar refractivity (Wildman–Crippen MR) is 96.3 cm³/mol. The molecule has 1 aliphatic rings. The molecule has 0 radical (unpaired) electrons. The van der Waals surface area contributed by atoms with Crippen LogP contribution in [0.4, 0.5) is 0 Å². The van der Waals surface area contributed by atoms with E-state index in [1.807, 2.05) is 41.8 Å². The Balaban J connectivity index is 2.68. The lowest BCUT2D eigenvalue weighted by Crippen LogP contribution is -2.45. The lowest BCUT2D eigenvalue weighted by molar-refractivity contribution is -0.888. The van der Waals surface area contributed by atoms with E-state index in [-0.39, 0.29) is 47.8 Å². The molecule has 1 saturated heterocycles. The Morgan fingerprint density at radius 1 is 1.00 bits per heavy atom. The fraction of sp³-hybridized carbons (Fsp3) is 0.882. The first-order chi connectivity index (χ1) is 11.3. The monoisotopic (exact) mass is 377 g/mol. The minimum absolute atomic E-state index is 0.0815. The summed E-state index contributed by atoms with van der Waals surface area (Å²) in [4.78, 5) is 26.7. The van der Waals surface area contributed by atoms with Crippen LogP contribution in [-0.4, -0.2) is 73.7 Å². The highest BCUT2D eigenvalue weighted by Crippen LogP contribution is 2.36. The molecule has 2 amide bonds. The van der Waals surface area contributed by atoms with Gasteiger partial charge < -0.3 is 4.48 Å². The summed E-state index contributed by atoms with van der Waals surface area (Å²) >= 11 is 0. The summed E-state index contributed by atoms with van der Waals surface area (Å²) in [6, 6.07) is 0. The van der Waals surface area contributed by atoms with Gasteiger partial charge in [0.15, 0.2) is 0 Å². The third kappa shape index (κ3) is 6.04. The number of hydrogen-bond donors (Lipinski definition) is 1. The summed E-state index contributed by atoms with van der Waals surface area (Å²) in [5, 5.41) is 0. The topological polar surface area (TPSA) is 91.8 Å². The average Bonchev–Trinajstić information content (AvgIpc) is 2.69. The minimum Gasteiger partial charge on any atom is -0.327 e. The summed E-state index contributed by atoms with van der Waals surface area (Å²) in [5.74, 6) is -0.730. The van der Waals surface area contributed by atoms with Crippen LogP contribution in [-0.2, 0) is 19.7 Å². The normalized spacial score (nSPS) is 22.5. The van der Waals surface area contributed by atoms with Gasteiger partial charge in [0.1, 0.15) is 5.75 Å². The third-order valence-electron chi connectivity index (χ3n) is 5.03. The first-order valence-electron chi connectivity index (χ1n) is 8.89. The van der Waals surface area contributed by atoms with Crippen molar-refractivity contribution < 1.29 is 27.0 Å². The molecule has 25 heavy (non-hydrogen) atoms. The highest BCUT2D eigenvalue weighted by atomic mass is 32.2. The SMILES string of the molecule is CC(C)C1C(=O)N(CCC[N+](C)(C)CCS(=O)(=O)O)C(=O)C1C(C)C. The first kappa shape index (κ1) is 22.1. The molecule has 1 aliphatic heterocycles. The zero-order valence-electron chi connectivity index (χ0n) is 16.2. The summed E-state index contributed by atoms with van der Waals surface area (Å²) in [6.07, 6.45) is 0.603. The Morgan fingerprint density at radius 2 is 1.44 bits per heavy atom. The van der Waals surface area contributed by atoms with Gasteiger partial charge in [0, 0.05) is 13.0 Å². The molecule has 1 N–H and O–H groups in total. The van der Waals surface area contributed by atoms with Crippen LogP contribution in [0.1, 0.15) is 34.1 Å². The van der Waals surface area contributed by atoms with Crippen molar-refractivity contribution in [2.45, 2.75) is 34.1 Å². The lowest BCUT2D eigenvalue weighted by atomic mass is 9.79. The molecule has 1 fully saturated rings. The van der Waals surface area contributed by atoms with Gasteiger partial charge in [0.2, 0.25) is 11.8 Å². The van der Waals surface area contributed by atoms with Crippen molar-refractivity contribution in [1.29, 1.82) is 0 Å². The van der Waals surface area contributed by atoms with Gasteiger partial charge in [-0.1, -0.05) is 27.7 Å². The predicted octanol–water partition coefficient (Wildman–Crippen LogP) is 1.25. The van der Waals surface area contributed by atoms with Crippen LogP contribution >= 0.6 is 0 Å². The third-order valence-corrected chi connectivity index (χ3v) is 5.72. The van der Waals surface area contributed by atoms with Crippen molar-refractivity contribution in [3.8, 4) is 0 Å². The van der Waals surface area contributed by atoms with Crippen LogP contribution < -0.4 is 0 Å². The van der Waals surface area contributed by atoms with Gasteiger partial charge in [-0.2, -0.15) is 8.42 Å². The molecule has 2 atom stereocenters. The van der Waals surface area contributed by atoms with Crippen LogP contribution in [0.3, 0.4) is 0 Å². The zero-order valence-corrected chi connectivity index (χ0v) is 17.0. The molecule has 0 spiro atoms. The van der Waals surface area contributed by atoms with E-state index in [2.05, 4.69) is 0 Å². The minimum atomic E-state index is -3.98. The van der Waals surface area contributed by atoms with Crippen molar-refractivity contribution in [2.24, 2.45) is 23.7 Å². The first-order valence-corrected chi connectivity index (χ1v) is 10.5. The highest BCUT2D eigenvalue weighted by Gasteiger charge is 2.49. The van der Waals surface area contributed by atoms with Gasteiger partial charge in [0.25, 0.3) is 10.1 Å². The van der Waals surface area contributed by atoms with E-state index in [0.717, 1.165) is 0 Å². The number of carbonyl (C=O) groups is 2. The van der Waals surface area contributed by atoms with Crippen LogP contribution in [0.5, 0.6) is 0 Å². The molecule has 0 bridgehead atoms. The molecule has 7 nitrogen and oxygen atoms in total. The van der Waals surface area contributed by atoms with Gasteiger partial charge in [0.05, 0.1) is 39.0 Å². The van der Waals surface area contributed by atoms with Crippen LogP contribution in [0, 0.1) is 23.7 Å². The summed E-state index contributed by atoms with van der Waals surface area (Å²) in [7, 11) is -0.248. The zero-order chi connectivity index (χ0) is 19.6. The molecule has 0 aliphatic carbocycles. The summed E-state index contributed by atoms with van der Waals surface area (Å²) < 4.78 is 31.1. The molecule has 0 saturated carbocycles. The molecule has 0 aromatic rings. The van der Waals surface area contributed by atoms with E-state index < -0.39 is 10.1 Å². The van der Waals surface area contributed by atoms with Gasteiger partial charge in [-0.25, -0.2) is 0 Å². The van der Waals surface area contributed by atoms with Gasteiger partial charge in [-0.15, -0.1) is 0 Å². The van der Waals surface area contributed by atoms with E-state index in [9.17, 15) is 18.0 Å². The van der Waals surface area contributed by atoms with Gasteiger partial charge >= 0.3 is 0 Å². The number of hydrogen-bond acceptors (Lipinski definition) is 4. The van der Waals surface area contributed by atoms with Crippen LogP contribution in [0.15, 0.2) is 0 Å². The Labute approximate surface area is 151 Å². The Bertz CT molecular complexity index is 572. The molecular weight excluding hydrogens is 344 g/mol. The smallest absolute Gasteiger partial charge is 0.270 e. The van der Waals surface area contributed by atoms with Crippen LogP contribution in [0.25, 0.3) is 0 Å². The van der Waals surface area contributed by atoms with Crippen molar-refractivity contribution in [2.75, 3.05) is 39.5 Å². The maximum atomic E-state index is 12.7. The van der Waals surface area contributed by atoms with Gasteiger partial charge in [-0.05, 0) is 11.8 Å². The highest BCUT2D eigenvalue weighted by molar-refractivity contribution is 7.85. The number of quaternary nitrogens is 1. The fourth-order valence-corrected chi connectivity index (χ4v) is 4.25. The standard InChI is InChI=1S/C17H32N2O5S/c1-12(2)14-15(13(3)4)17(21)18(16(14)20)8-7-9-19(5,6)10-11-25(22,23)24/h12-15H,7-11H2,1-6H3/p+1. The molecule has 0 aromatic heterocycles. The van der Waals surface area contributed by atoms with Gasteiger partial charge in [-0.3, -0.25) is 19.0 Å². The Kier molecular flexibility index (Phi) is 7.18. The van der Waals surface area contributed by atoms with E-state index in [4.69, 9.17) is 4.55 Å². The Hall–Kier alpha value is -0.990. The summed E-state index contributed by atoms with van der Waals surface area (Å²) in [5.41, 5.74) is 0. The molecule has 1 rings (SSSR count). The molecule has 0 aromatic carbocycles. The second-order valence-electron chi connectivity index (χ2n) is 8.39. The van der Waals surface area contributed by atoms with E-state index in [1.54, 1.807) is 0 Å². The molecule has 2 unspecified atom stereocenters. The molecule has 146 valence electrons. The molecular formula is C17H33N2O5S+. The maximum Gasteiger partial charge on any atom is 0.270 e. The van der Waals surface area contributed by atoms with E-state index in [0.29, 0.717) is 24.0 Å². The number of carbonyl (C=O) groups excluding carboxylic acids is 2. The van der Waals surface area contributed by atoms with E-state index >= 15 is 0 Å². The van der Waals surface area contributed by atoms with Crippen molar-refractivity contribution in [1.82, 2.24) is 4.90 Å². The summed E-state index contributed by atoms with van der Waals surface area (Å²) in [6.45, 7) is 9.16. The second-order valence-corrected chi connectivity index (χ2v) is 9.96. The quantitative estimate of drug-likeness (QED) is 0.371. The number of amides is 2. The molecule has 1 heterocycles. The van der Waals surface area contributed by atoms with Crippen molar-refractivity contribution in [3.63, 3.8) is 0 Å². The average molecular weight is 378 g/mol. The number of likely N-dealkylation sites (tertiary alicyclic amines) is 1. The van der Waals surface area contributed by atoms with Crippen molar-refractivity contribution >= 4 is 21.9 Å². The second kappa shape index (κ2) is 8.14. The van der Waals surface area contributed by atoms with E-state index in [1.165, 1.54) is 4.90 Å². The number of rotatable bonds is 9. The number of nitrogens with zero attached hydrogens (tertiary/aromatic N) is 2. The van der Waals surface area contributed by atoms with Crippen LogP contribution in [0.2, 0.25) is 0 Å². The number of imide groups is 1. The largest absolute Gasteiger partial charge is 0.327 e. The maximum absolute atomic E-state index is 12.7. The Morgan fingerprint density at radius 3 is 1.80 bits per heavy atom. The van der Waals surface area contributed by atoms with Crippen molar-refractivity contribution in [3.05, 3.63) is 0 Å².